The Kier molecular flexibility index (Phi) is 7.96. The van der Waals surface area contributed by atoms with E-state index in [1.807, 2.05) is 0 Å². The van der Waals surface area contributed by atoms with E-state index in [1.54, 1.807) is 0 Å². The zero-order chi connectivity index (χ0) is 16.5. The molecular formula is C24H22Ni. The van der Waals surface area contributed by atoms with Crippen LogP contribution in [0.2, 0.25) is 0 Å². The van der Waals surface area contributed by atoms with Crippen LogP contribution >= 0.6 is 0 Å². The minimum atomic E-state index is 0. The van der Waals surface area contributed by atoms with Gasteiger partial charge in [-0.1, -0.05) is 60.7 Å². The van der Waals surface area contributed by atoms with Gasteiger partial charge in [0.1, 0.15) is 0 Å². The van der Waals surface area contributed by atoms with E-state index in [4.69, 9.17) is 0 Å². The molecule has 25 heavy (non-hydrogen) atoms. The van der Waals surface area contributed by atoms with Crippen LogP contribution < -0.4 is 0 Å². The van der Waals surface area contributed by atoms with E-state index in [0.717, 1.165) is 12.8 Å². The quantitative estimate of drug-likeness (QED) is 0.306. The number of hydrogen-bond donors (Lipinski definition) is 0. The largest absolute Gasteiger partial charge is 2.00 e. The van der Waals surface area contributed by atoms with Gasteiger partial charge >= 0.3 is 16.5 Å². The van der Waals surface area contributed by atoms with Gasteiger partial charge in [0.25, 0.3) is 0 Å². The van der Waals surface area contributed by atoms with Gasteiger partial charge in [0.05, 0.1) is 0 Å². The van der Waals surface area contributed by atoms with E-state index in [-0.39, 0.29) is 16.5 Å². The summed E-state index contributed by atoms with van der Waals surface area (Å²) in [7, 11) is 0. The molecule has 1 heteroatoms. The van der Waals surface area contributed by atoms with E-state index in [9.17, 15) is 0 Å². The Balaban J connectivity index is 0.000000173. The molecule has 0 heterocycles. The maximum absolute atomic E-state index is 2.16. The standard InChI is InChI=1S/2C12H11.Ni/c2*1-2-6-11(7-3-1)10-12-8-4-5-9-12;/h2*1-9H,10H2;/q2*-1;+2. The molecule has 4 rings (SSSR count). The van der Waals surface area contributed by atoms with Gasteiger partial charge in [-0.2, -0.15) is 35.4 Å². The van der Waals surface area contributed by atoms with Crippen LogP contribution in [0.3, 0.4) is 0 Å². The predicted molar refractivity (Wildman–Crippen MR) is 103 cm³/mol. The number of hydrogen-bond acceptors (Lipinski definition) is 0. The van der Waals surface area contributed by atoms with Crippen molar-refractivity contribution in [1.29, 1.82) is 0 Å². The van der Waals surface area contributed by atoms with Crippen molar-refractivity contribution in [2.24, 2.45) is 0 Å². The Labute approximate surface area is 160 Å². The van der Waals surface area contributed by atoms with Crippen LogP contribution in [0.15, 0.2) is 109 Å². The molecule has 0 aliphatic carbocycles. The van der Waals surface area contributed by atoms with Gasteiger partial charge in [-0.3, -0.25) is 0 Å². The van der Waals surface area contributed by atoms with Crippen LogP contribution in [0.25, 0.3) is 0 Å². The van der Waals surface area contributed by atoms with E-state index >= 15 is 0 Å². The molecule has 4 aromatic carbocycles. The molecule has 0 amide bonds. The van der Waals surface area contributed by atoms with E-state index < -0.39 is 0 Å². The Morgan fingerprint density at radius 1 is 0.480 bits per heavy atom. The second-order valence-corrected chi connectivity index (χ2v) is 5.91. The number of benzene rings is 2. The Morgan fingerprint density at radius 3 is 1.20 bits per heavy atom. The summed E-state index contributed by atoms with van der Waals surface area (Å²) in [4.78, 5) is 0. The first kappa shape index (κ1) is 19.0. The Bertz CT molecular complexity index is 710. The fourth-order valence-corrected chi connectivity index (χ4v) is 2.73. The summed E-state index contributed by atoms with van der Waals surface area (Å²) in [5.74, 6) is 0. The fraction of sp³-hybridized carbons (Fsp3) is 0.0833. The smallest absolute Gasteiger partial charge is 0.213 e. The van der Waals surface area contributed by atoms with E-state index in [2.05, 4.69) is 109 Å². The van der Waals surface area contributed by atoms with Gasteiger partial charge in [0.2, 0.25) is 0 Å². The van der Waals surface area contributed by atoms with Gasteiger partial charge in [0.15, 0.2) is 0 Å². The molecule has 128 valence electrons. The van der Waals surface area contributed by atoms with Crippen LogP contribution in [-0.4, -0.2) is 0 Å². The molecule has 0 nitrogen and oxygen atoms in total. The minimum absolute atomic E-state index is 0. The van der Waals surface area contributed by atoms with Crippen molar-refractivity contribution in [1.82, 2.24) is 0 Å². The molecule has 0 fully saturated rings. The molecule has 0 saturated carbocycles. The van der Waals surface area contributed by atoms with Gasteiger partial charge in [-0.05, 0) is 24.0 Å². The van der Waals surface area contributed by atoms with E-state index in [0.29, 0.717) is 0 Å². The number of rotatable bonds is 4. The van der Waals surface area contributed by atoms with Crippen molar-refractivity contribution in [2.75, 3.05) is 0 Å². The van der Waals surface area contributed by atoms with Crippen molar-refractivity contribution < 1.29 is 16.5 Å². The first-order valence-corrected chi connectivity index (χ1v) is 8.39. The summed E-state index contributed by atoms with van der Waals surface area (Å²) in [5, 5.41) is 0. The molecule has 0 saturated heterocycles. The molecule has 0 radical (unpaired) electrons. The molecule has 0 atom stereocenters. The van der Waals surface area contributed by atoms with Crippen molar-refractivity contribution in [2.45, 2.75) is 12.8 Å². The summed E-state index contributed by atoms with van der Waals surface area (Å²) in [6, 6.07) is 38.0. The summed E-state index contributed by atoms with van der Waals surface area (Å²) < 4.78 is 0. The third-order valence-corrected chi connectivity index (χ3v) is 3.97. The summed E-state index contributed by atoms with van der Waals surface area (Å²) >= 11 is 0. The molecular weight excluding hydrogens is 347 g/mol. The average molecular weight is 369 g/mol. The van der Waals surface area contributed by atoms with Crippen molar-refractivity contribution >= 4 is 0 Å². The zero-order valence-corrected chi connectivity index (χ0v) is 15.1. The molecule has 4 aromatic rings. The maximum atomic E-state index is 2.16. The van der Waals surface area contributed by atoms with Crippen molar-refractivity contribution in [3.05, 3.63) is 131 Å². The molecule has 0 spiro atoms. The Hall–Kier alpha value is -2.37. The fourth-order valence-electron chi connectivity index (χ4n) is 2.73. The minimum Gasteiger partial charge on any atom is -0.213 e. The first-order chi connectivity index (χ1) is 11.9. The predicted octanol–water partition coefficient (Wildman–Crippen LogP) is 5.99. The van der Waals surface area contributed by atoms with Crippen LogP contribution in [0.1, 0.15) is 22.3 Å². The van der Waals surface area contributed by atoms with Crippen LogP contribution in [-0.2, 0) is 29.3 Å². The molecule has 0 aromatic heterocycles. The van der Waals surface area contributed by atoms with Crippen LogP contribution in [0, 0.1) is 0 Å². The average Bonchev–Trinajstić information content (AvgIpc) is 3.32. The summed E-state index contributed by atoms with van der Waals surface area (Å²) in [6.07, 6.45) is 2.10. The topological polar surface area (TPSA) is 0 Å². The molecule has 0 aliphatic rings. The molecule has 0 N–H and O–H groups in total. The van der Waals surface area contributed by atoms with Crippen molar-refractivity contribution in [3.8, 4) is 0 Å². The van der Waals surface area contributed by atoms with Crippen LogP contribution in [0.4, 0.5) is 0 Å². The first-order valence-electron chi connectivity index (χ1n) is 8.39. The third kappa shape index (κ3) is 6.57. The van der Waals surface area contributed by atoms with Gasteiger partial charge < -0.3 is 0 Å². The second kappa shape index (κ2) is 10.5. The second-order valence-electron chi connectivity index (χ2n) is 5.91. The SMILES string of the molecule is [Ni+2].c1ccc(Cc2ccc[cH-]2)cc1.c1ccc(Cc2ccc[cH-]2)cc1. The van der Waals surface area contributed by atoms with E-state index in [1.165, 1.54) is 22.3 Å². The molecule has 0 unspecified atom stereocenters. The maximum Gasteiger partial charge on any atom is 2.00 e. The van der Waals surface area contributed by atoms with Crippen molar-refractivity contribution in [3.63, 3.8) is 0 Å². The summed E-state index contributed by atoms with van der Waals surface area (Å²) in [5.41, 5.74) is 5.54. The van der Waals surface area contributed by atoms with Gasteiger partial charge in [-0.25, -0.2) is 24.3 Å². The zero-order valence-electron chi connectivity index (χ0n) is 14.1. The van der Waals surface area contributed by atoms with Gasteiger partial charge in [-0.15, -0.1) is 0 Å². The normalized spacial score (nSPS) is 9.60. The van der Waals surface area contributed by atoms with Crippen LogP contribution in [0.5, 0.6) is 0 Å². The Morgan fingerprint density at radius 2 is 0.880 bits per heavy atom. The van der Waals surface area contributed by atoms with Gasteiger partial charge in [0, 0.05) is 0 Å². The molecule has 0 aliphatic heterocycles. The summed E-state index contributed by atoms with van der Waals surface area (Å²) in [6.45, 7) is 0. The monoisotopic (exact) mass is 368 g/mol. The third-order valence-electron chi connectivity index (χ3n) is 3.97. The molecule has 0 bridgehead atoms.